The maximum Gasteiger partial charge on any atom is 0.265 e. The van der Waals surface area contributed by atoms with Gasteiger partial charge in [0.15, 0.2) is 5.65 Å². The van der Waals surface area contributed by atoms with Crippen LogP contribution in [-0.2, 0) is 17.1 Å². The van der Waals surface area contributed by atoms with Gasteiger partial charge in [0.2, 0.25) is 0 Å². The number of anilines is 1. The van der Waals surface area contributed by atoms with Gasteiger partial charge in [-0.25, -0.2) is 13.4 Å². The highest BCUT2D eigenvalue weighted by Gasteiger charge is 2.26. The molecule has 3 rings (SSSR count). The van der Waals surface area contributed by atoms with E-state index in [1.807, 2.05) is 45.9 Å². The molecule has 2 heterocycles. The second-order valence-corrected chi connectivity index (χ2v) is 8.07. The van der Waals surface area contributed by atoms with Crippen LogP contribution in [-0.4, -0.2) is 29.7 Å². The molecule has 0 aliphatic heterocycles. The standard InChI is InChI=1S/C18H22N4O2S/c1-6-22(17-8-7-12(2)9-13(17)3)25(23,24)15-10-16-14(4)20-21(5)18(16)19-11-15/h7-11H,6H2,1-5H3. The minimum absolute atomic E-state index is 0.179. The zero-order valence-corrected chi connectivity index (χ0v) is 15.9. The van der Waals surface area contributed by atoms with Crippen LogP contribution in [0.5, 0.6) is 0 Å². The molecule has 0 spiro atoms. The summed E-state index contributed by atoms with van der Waals surface area (Å²) in [5.74, 6) is 0. The van der Waals surface area contributed by atoms with Gasteiger partial charge in [-0.05, 0) is 45.4 Å². The molecule has 0 aliphatic rings. The van der Waals surface area contributed by atoms with E-state index in [0.29, 0.717) is 17.9 Å². The molecule has 7 heteroatoms. The fourth-order valence-electron chi connectivity index (χ4n) is 3.11. The van der Waals surface area contributed by atoms with Gasteiger partial charge < -0.3 is 0 Å². The fraction of sp³-hybridized carbons (Fsp3) is 0.333. The molecular formula is C18H22N4O2S. The van der Waals surface area contributed by atoms with Crippen LogP contribution in [0.2, 0.25) is 0 Å². The maximum absolute atomic E-state index is 13.2. The first-order chi connectivity index (χ1) is 11.8. The van der Waals surface area contributed by atoms with E-state index in [4.69, 9.17) is 0 Å². The second kappa shape index (κ2) is 6.15. The predicted octanol–water partition coefficient (Wildman–Crippen LogP) is 3.11. The van der Waals surface area contributed by atoms with E-state index < -0.39 is 10.0 Å². The van der Waals surface area contributed by atoms with Crippen LogP contribution >= 0.6 is 0 Å². The molecule has 0 aliphatic carbocycles. The Morgan fingerprint density at radius 2 is 1.88 bits per heavy atom. The monoisotopic (exact) mass is 358 g/mol. The van der Waals surface area contributed by atoms with Crippen molar-refractivity contribution in [1.29, 1.82) is 0 Å². The molecule has 0 bridgehead atoms. The van der Waals surface area contributed by atoms with Crippen molar-refractivity contribution in [2.45, 2.75) is 32.6 Å². The number of sulfonamides is 1. The van der Waals surface area contributed by atoms with Gasteiger partial charge >= 0.3 is 0 Å². The first-order valence-corrected chi connectivity index (χ1v) is 9.59. The minimum Gasteiger partial charge on any atom is -0.266 e. The van der Waals surface area contributed by atoms with E-state index in [0.717, 1.165) is 22.2 Å². The van der Waals surface area contributed by atoms with Gasteiger partial charge in [-0.15, -0.1) is 0 Å². The van der Waals surface area contributed by atoms with Gasteiger partial charge in [-0.2, -0.15) is 5.10 Å². The summed E-state index contributed by atoms with van der Waals surface area (Å²) in [6, 6.07) is 7.42. The zero-order chi connectivity index (χ0) is 18.4. The SMILES string of the molecule is CCN(c1ccc(C)cc1C)S(=O)(=O)c1cnc2c(c1)c(C)nn2C. The van der Waals surface area contributed by atoms with E-state index in [1.54, 1.807) is 17.8 Å². The van der Waals surface area contributed by atoms with Crippen molar-refractivity contribution >= 4 is 26.7 Å². The zero-order valence-electron chi connectivity index (χ0n) is 15.1. The molecule has 0 radical (unpaired) electrons. The number of hydrogen-bond donors (Lipinski definition) is 0. The summed E-state index contributed by atoms with van der Waals surface area (Å²) in [6.45, 7) is 7.94. The van der Waals surface area contributed by atoms with Gasteiger partial charge in [0.05, 0.1) is 11.4 Å². The van der Waals surface area contributed by atoms with Crippen molar-refractivity contribution in [3.05, 3.63) is 47.3 Å². The first-order valence-electron chi connectivity index (χ1n) is 8.15. The average Bonchev–Trinajstić information content (AvgIpc) is 2.84. The largest absolute Gasteiger partial charge is 0.266 e. The molecule has 0 N–H and O–H groups in total. The molecule has 6 nitrogen and oxygen atoms in total. The molecule has 1 aromatic carbocycles. The van der Waals surface area contributed by atoms with Crippen molar-refractivity contribution in [3.8, 4) is 0 Å². The molecule has 0 saturated heterocycles. The lowest BCUT2D eigenvalue weighted by Gasteiger charge is -2.24. The lowest BCUT2D eigenvalue weighted by Crippen LogP contribution is -2.31. The van der Waals surface area contributed by atoms with Crippen molar-refractivity contribution in [2.24, 2.45) is 7.05 Å². The summed E-state index contributed by atoms with van der Waals surface area (Å²) in [5.41, 5.74) is 4.15. The molecular weight excluding hydrogens is 336 g/mol. The molecule has 0 fully saturated rings. The number of nitrogens with zero attached hydrogens (tertiary/aromatic N) is 4. The lowest BCUT2D eigenvalue weighted by molar-refractivity contribution is 0.591. The fourth-order valence-corrected chi connectivity index (χ4v) is 4.62. The van der Waals surface area contributed by atoms with Crippen molar-refractivity contribution in [1.82, 2.24) is 14.8 Å². The Bertz CT molecular complexity index is 1050. The number of rotatable bonds is 4. The van der Waals surface area contributed by atoms with Crippen LogP contribution < -0.4 is 4.31 Å². The van der Waals surface area contributed by atoms with E-state index in [1.165, 1.54) is 10.5 Å². The Kier molecular flexibility index (Phi) is 4.28. The first kappa shape index (κ1) is 17.4. The van der Waals surface area contributed by atoms with Gasteiger partial charge in [0.1, 0.15) is 4.90 Å². The van der Waals surface area contributed by atoms with Crippen LogP contribution in [0.4, 0.5) is 5.69 Å². The Morgan fingerprint density at radius 1 is 1.16 bits per heavy atom. The van der Waals surface area contributed by atoms with E-state index in [9.17, 15) is 8.42 Å². The number of pyridine rings is 1. The van der Waals surface area contributed by atoms with Gasteiger partial charge in [-0.1, -0.05) is 17.7 Å². The summed E-state index contributed by atoms with van der Waals surface area (Å²) >= 11 is 0. The van der Waals surface area contributed by atoms with E-state index in [2.05, 4.69) is 10.1 Å². The van der Waals surface area contributed by atoms with Crippen LogP contribution in [0.3, 0.4) is 0 Å². The van der Waals surface area contributed by atoms with Crippen LogP contribution in [0.15, 0.2) is 35.4 Å². The van der Waals surface area contributed by atoms with Gasteiger partial charge in [0.25, 0.3) is 10.0 Å². The molecule has 132 valence electrons. The summed E-state index contributed by atoms with van der Waals surface area (Å²) in [4.78, 5) is 4.49. The van der Waals surface area contributed by atoms with Gasteiger partial charge in [0, 0.05) is 25.2 Å². The Hall–Kier alpha value is -2.41. The maximum atomic E-state index is 13.2. The summed E-state index contributed by atoms with van der Waals surface area (Å²) in [5, 5.41) is 5.06. The second-order valence-electron chi connectivity index (χ2n) is 6.21. The topological polar surface area (TPSA) is 68.1 Å². The number of fused-ring (bicyclic) bond motifs is 1. The summed E-state index contributed by atoms with van der Waals surface area (Å²) in [7, 11) is -1.91. The van der Waals surface area contributed by atoms with Crippen molar-refractivity contribution in [3.63, 3.8) is 0 Å². The smallest absolute Gasteiger partial charge is 0.265 e. The predicted molar refractivity (Wildman–Crippen MR) is 99.4 cm³/mol. The van der Waals surface area contributed by atoms with E-state index in [-0.39, 0.29) is 4.90 Å². The van der Waals surface area contributed by atoms with Gasteiger partial charge in [-0.3, -0.25) is 8.99 Å². The average molecular weight is 358 g/mol. The number of hydrogen-bond acceptors (Lipinski definition) is 4. The quantitative estimate of drug-likeness (QED) is 0.719. The Balaban J connectivity index is 2.15. The molecule has 25 heavy (non-hydrogen) atoms. The van der Waals surface area contributed by atoms with Crippen molar-refractivity contribution in [2.75, 3.05) is 10.8 Å². The summed E-state index contributed by atoms with van der Waals surface area (Å²) < 4.78 is 29.5. The highest BCUT2D eigenvalue weighted by Crippen LogP contribution is 2.28. The molecule has 3 aromatic rings. The van der Waals surface area contributed by atoms with E-state index >= 15 is 0 Å². The molecule has 0 amide bonds. The third-order valence-electron chi connectivity index (χ3n) is 4.33. The van der Waals surface area contributed by atoms with Crippen molar-refractivity contribution < 1.29 is 8.42 Å². The third-order valence-corrected chi connectivity index (χ3v) is 6.19. The normalized spacial score (nSPS) is 11.9. The number of aryl methyl sites for hydroxylation is 4. The third kappa shape index (κ3) is 2.89. The Morgan fingerprint density at radius 3 is 2.52 bits per heavy atom. The highest BCUT2D eigenvalue weighted by molar-refractivity contribution is 7.92. The molecule has 2 aromatic heterocycles. The highest BCUT2D eigenvalue weighted by atomic mass is 32.2. The lowest BCUT2D eigenvalue weighted by atomic mass is 10.1. The molecule has 0 unspecified atom stereocenters. The minimum atomic E-state index is -3.70. The number of benzene rings is 1. The van der Waals surface area contributed by atoms with Crippen LogP contribution in [0.25, 0.3) is 11.0 Å². The van der Waals surface area contributed by atoms with Crippen LogP contribution in [0, 0.1) is 20.8 Å². The molecule has 0 saturated carbocycles. The van der Waals surface area contributed by atoms with Crippen LogP contribution in [0.1, 0.15) is 23.7 Å². The summed E-state index contributed by atoms with van der Waals surface area (Å²) in [6.07, 6.45) is 1.41. The Labute approximate surface area is 148 Å². The number of aromatic nitrogens is 3. The molecule has 0 atom stereocenters.